The quantitative estimate of drug-likeness (QED) is 0.524. The second-order valence-corrected chi connectivity index (χ2v) is 5.54. The largest absolute Gasteiger partial charge is 0.459 e. The van der Waals surface area contributed by atoms with Crippen molar-refractivity contribution in [3.8, 4) is 0 Å². The molecule has 132 valence electrons. The van der Waals surface area contributed by atoms with Crippen molar-refractivity contribution >= 4 is 23.3 Å². The third kappa shape index (κ3) is 3.89. The average Bonchev–Trinajstić information content (AvgIpc) is 3.34. The second kappa shape index (κ2) is 7.52. The molecule has 2 N–H and O–H groups in total. The lowest BCUT2D eigenvalue weighted by Gasteiger charge is -2.10. The SMILES string of the molecule is Cc1ccc(C(=O)OCC(=O)c2ccc[nH]2)cc1NC(=O)c1ccco1. The Morgan fingerprint density at radius 1 is 1.15 bits per heavy atom. The molecular formula is C19H16N2O5. The van der Waals surface area contributed by atoms with Crippen molar-refractivity contribution in [2.75, 3.05) is 11.9 Å². The molecule has 0 atom stereocenters. The van der Waals surface area contributed by atoms with Crippen molar-refractivity contribution in [3.63, 3.8) is 0 Å². The van der Waals surface area contributed by atoms with Crippen LogP contribution in [0.2, 0.25) is 0 Å². The van der Waals surface area contributed by atoms with E-state index in [-0.39, 0.29) is 23.7 Å². The minimum absolute atomic E-state index is 0.161. The Hall–Kier alpha value is -3.61. The molecule has 0 fully saturated rings. The van der Waals surface area contributed by atoms with E-state index in [9.17, 15) is 14.4 Å². The normalized spacial score (nSPS) is 10.3. The Bertz CT molecular complexity index is 927. The minimum atomic E-state index is -0.654. The molecular weight excluding hydrogens is 336 g/mol. The van der Waals surface area contributed by atoms with Crippen molar-refractivity contribution in [1.82, 2.24) is 4.98 Å². The van der Waals surface area contributed by atoms with Crippen molar-refractivity contribution < 1.29 is 23.5 Å². The van der Waals surface area contributed by atoms with Gasteiger partial charge in [0.15, 0.2) is 12.4 Å². The highest BCUT2D eigenvalue weighted by Gasteiger charge is 2.15. The number of aromatic amines is 1. The average molecular weight is 352 g/mol. The van der Waals surface area contributed by atoms with E-state index in [1.165, 1.54) is 18.4 Å². The van der Waals surface area contributed by atoms with Crippen LogP contribution in [-0.2, 0) is 4.74 Å². The van der Waals surface area contributed by atoms with E-state index in [0.717, 1.165) is 5.56 Å². The summed E-state index contributed by atoms with van der Waals surface area (Å²) in [7, 11) is 0. The lowest BCUT2D eigenvalue weighted by molar-refractivity contribution is 0.0473. The highest BCUT2D eigenvalue weighted by Crippen LogP contribution is 2.19. The molecule has 3 rings (SSSR count). The lowest BCUT2D eigenvalue weighted by Crippen LogP contribution is -2.16. The van der Waals surface area contributed by atoms with Crippen molar-refractivity contribution in [2.24, 2.45) is 0 Å². The number of hydrogen-bond acceptors (Lipinski definition) is 5. The second-order valence-electron chi connectivity index (χ2n) is 5.54. The number of H-pyrrole nitrogens is 1. The van der Waals surface area contributed by atoms with E-state index in [0.29, 0.717) is 11.4 Å². The van der Waals surface area contributed by atoms with Crippen molar-refractivity contribution in [2.45, 2.75) is 6.92 Å². The number of benzene rings is 1. The van der Waals surface area contributed by atoms with Gasteiger partial charge in [0.25, 0.3) is 5.91 Å². The molecule has 0 aliphatic rings. The number of furan rings is 1. The van der Waals surface area contributed by atoms with Gasteiger partial charge < -0.3 is 19.5 Å². The van der Waals surface area contributed by atoms with E-state index in [4.69, 9.17) is 9.15 Å². The minimum Gasteiger partial charge on any atom is -0.459 e. The summed E-state index contributed by atoms with van der Waals surface area (Å²) in [5, 5.41) is 2.68. The maximum atomic E-state index is 12.2. The third-order valence-corrected chi connectivity index (χ3v) is 3.70. The number of esters is 1. The Morgan fingerprint density at radius 3 is 2.69 bits per heavy atom. The number of Topliss-reactive ketones (excluding diaryl/α,β-unsaturated/α-hetero) is 1. The summed E-state index contributed by atoms with van der Waals surface area (Å²) in [4.78, 5) is 38.9. The van der Waals surface area contributed by atoms with Gasteiger partial charge in [0, 0.05) is 11.9 Å². The standard InChI is InChI=1S/C19H16N2O5/c1-12-6-7-13(10-15(12)21-18(23)17-5-3-9-25-17)19(24)26-11-16(22)14-4-2-8-20-14/h2-10,20H,11H2,1H3,(H,21,23). The summed E-state index contributed by atoms with van der Waals surface area (Å²) < 4.78 is 10.1. The molecule has 1 amide bonds. The molecule has 2 heterocycles. The molecule has 0 saturated heterocycles. The van der Waals surface area contributed by atoms with Gasteiger partial charge in [-0.05, 0) is 48.9 Å². The van der Waals surface area contributed by atoms with E-state index in [1.807, 2.05) is 0 Å². The van der Waals surface area contributed by atoms with Crippen LogP contribution in [-0.4, -0.2) is 29.3 Å². The van der Waals surface area contributed by atoms with Crippen LogP contribution in [0.5, 0.6) is 0 Å². The van der Waals surface area contributed by atoms with Gasteiger partial charge in [-0.15, -0.1) is 0 Å². The molecule has 0 unspecified atom stereocenters. The van der Waals surface area contributed by atoms with E-state index < -0.39 is 11.9 Å². The highest BCUT2D eigenvalue weighted by molar-refractivity contribution is 6.03. The molecule has 0 radical (unpaired) electrons. The van der Waals surface area contributed by atoms with Gasteiger partial charge >= 0.3 is 5.97 Å². The topological polar surface area (TPSA) is 101 Å². The maximum Gasteiger partial charge on any atom is 0.338 e. The predicted octanol–water partition coefficient (Wildman–Crippen LogP) is 3.21. The van der Waals surface area contributed by atoms with E-state index in [1.54, 1.807) is 43.5 Å². The van der Waals surface area contributed by atoms with Crippen LogP contribution in [0.4, 0.5) is 5.69 Å². The number of aryl methyl sites for hydroxylation is 1. The summed E-state index contributed by atoms with van der Waals surface area (Å²) in [6.45, 7) is 1.42. The molecule has 0 saturated carbocycles. The number of amides is 1. The number of carbonyl (C=O) groups is 3. The van der Waals surface area contributed by atoms with Gasteiger partial charge in [0.1, 0.15) is 0 Å². The van der Waals surface area contributed by atoms with Crippen LogP contribution >= 0.6 is 0 Å². The smallest absolute Gasteiger partial charge is 0.338 e. The Labute approximate surface area is 149 Å². The van der Waals surface area contributed by atoms with Crippen LogP contribution < -0.4 is 5.32 Å². The first-order chi connectivity index (χ1) is 12.5. The molecule has 26 heavy (non-hydrogen) atoms. The number of hydrogen-bond donors (Lipinski definition) is 2. The van der Waals surface area contributed by atoms with Crippen LogP contribution in [0.3, 0.4) is 0 Å². The molecule has 7 heteroatoms. The number of rotatable bonds is 6. The molecule has 0 aliphatic carbocycles. The summed E-state index contributed by atoms with van der Waals surface area (Å²) in [5.41, 5.74) is 1.82. The third-order valence-electron chi connectivity index (χ3n) is 3.70. The summed E-state index contributed by atoms with van der Waals surface area (Å²) in [5.74, 6) is -1.25. The predicted molar refractivity (Wildman–Crippen MR) is 93.2 cm³/mol. The van der Waals surface area contributed by atoms with Gasteiger partial charge in [-0.2, -0.15) is 0 Å². The molecule has 2 aromatic heterocycles. The Kier molecular flexibility index (Phi) is 4.98. The number of nitrogens with one attached hydrogen (secondary N) is 2. The zero-order valence-electron chi connectivity index (χ0n) is 13.9. The van der Waals surface area contributed by atoms with Crippen molar-refractivity contribution in [3.05, 3.63) is 77.5 Å². The first kappa shape index (κ1) is 17.2. The van der Waals surface area contributed by atoms with Gasteiger partial charge in [-0.3, -0.25) is 9.59 Å². The molecule has 1 aromatic carbocycles. The Morgan fingerprint density at radius 2 is 2.00 bits per heavy atom. The van der Waals surface area contributed by atoms with Gasteiger partial charge in [-0.1, -0.05) is 6.07 Å². The first-order valence-electron chi connectivity index (χ1n) is 7.84. The Balaban J connectivity index is 1.67. The molecule has 0 spiro atoms. The zero-order valence-corrected chi connectivity index (χ0v) is 13.9. The number of carbonyl (C=O) groups excluding carboxylic acids is 3. The van der Waals surface area contributed by atoms with E-state index >= 15 is 0 Å². The fourth-order valence-electron chi connectivity index (χ4n) is 2.27. The monoisotopic (exact) mass is 352 g/mol. The number of aromatic nitrogens is 1. The summed E-state index contributed by atoms with van der Waals surface area (Å²) in [6.07, 6.45) is 3.01. The molecule has 7 nitrogen and oxygen atoms in total. The highest BCUT2D eigenvalue weighted by atomic mass is 16.5. The fourth-order valence-corrected chi connectivity index (χ4v) is 2.27. The zero-order chi connectivity index (χ0) is 18.5. The van der Waals surface area contributed by atoms with Gasteiger partial charge in [0.2, 0.25) is 5.78 Å². The fraction of sp³-hybridized carbons (Fsp3) is 0.105. The molecule has 3 aromatic rings. The van der Waals surface area contributed by atoms with E-state index in [2.05, 4.69) is 10.3 Å². The van der Waals surface area contributed by atoms with Crippen LogP contribution in [0.1, 0.15) is 37.0 Å². The number of ketones is 1. The molecule has 0 bridgehead atoms. The first-order valence-corrected chi connectivity index (χ1v) is 7.84. The maximum absolute atomic E-state index is 12.2. The van der Waals surface area contributed by atoms with Gasteiger partial charge in [0.05, 0.1) is 17.5 Å². The summed E-state index contributed by atoms with van der Waals surface area (Å²) in [6, 6.07) is 11.2. The summed E-state index contributed by atoms with van der Waals surface area (Å²) >= 11 is 0. The number of anilines is 1. The van der Waals surface area contributed by atoms with Crippen LogP contribution in [0, 0.1) is 6.92 Å². The van der Waals surface area contributed by atoms with Gasteiger partial charge in [-0.25, -0.2) is 4.79 Å². The van der Waals surface area contributed by atoms with Crippen LogP contribution in [0.25, 0.3) is 0 Å². The van der Waals surface area contributed by atoms with Crippen molar-refractivity contribution in [1.29, 1.82) is 0 Å². The number of ether oxygens (including phenoxy) is 1. The van der Waals surface area contributed by atoms with Crippen LogP contribution in [0.15, 0.2) is 59.3 Å². The molecule has 0 aliphatic heterocycles. The lowest BCUT2D eigenvalue weighted by atomic mass is 10.1.